The van der Waals surface area contributed by atoms with Crippen molar-refractivity contribution in [1.82, 2.24) is 14.8 Å². The molecule has 1 aromatic heterocycles. The number of likely N-dealkylation sites (tertiary alicyclic amines) is 2. The third kappa shape index (κ3) is 3.72. The molecule has 0 radical (unpaired) electrons. The third-order valence-electron chi connectivity index (χ3n) is 4.77. The Morgan fingerprint density at radius 3 is 2.74 bits per heavy atom. The van der Waals surface area contributed by atoms with Gasteiger partial charge in [-0.1, -0.05) is 0 Å². The van der Waals surface area contributed by atoms with E-state index in [1.165, 1.54) is 11.3 Å². The molecular formula is C16H24N4O2S. The lowest BCUT2D eigenvalue weighted by Crippen LogP contribution is -2.49. The van der Waals surface area contributed by atoms with Crippen molar-refractivity contribution in [3.63, 3.8) is 0 Å². The van der Waals surface area contributed by atoms with Crippen molar-refractivity contribution in [3.05, 3.63) is 11.1 Å². The highest BCUT2D eigenvalue weighted by molar-refractivity contribution is 7.13. The Kier molecular flexibility index (Phi) is 4.96. The van der Waals surface area contributed by atoms with Crippen LogP contribution in [0.15, 0.2) is 5.38 Å². The van der Waals surface area contributed by atoms with Crippen LogP contribution in [0.1, 0.15) is 38.3 Å². The lowest BCUT2D eigenvalue weighted by atomic mass is 10.0. The second kappa shape index (κ2) is 6.97. The van der Waals surface area contributed by atoms with Crippen molar-refractivity contribution < 1.29 is 9.59 Å². The number of hydrogen-bond donors (Lipinski definition) is 1. The van der Waals surface area contributed by atoms with E-state index in [9.17, 15) is 9.59 Å². The number of anilines is 1. The van der Waals surface area contributed by atoms with Crippen LogP contribution in [0, 0.1) is 6.92 Å². The first-order chi connectivity index (χ1) is 11.0. The van der Waals surface area contributed by atoms with Gasteiger partial charge in [-0.25, -0.2) is 4.98 Å². The standard InChI is InChI=1S/C16H24N4O2S/c1-11-10-23-16(17-11)18-15(22)9-19-7-3-5-13(19)14-6-4-8-20(14)12(2)21/h10,13-14H,3-9H2,1-2H3,(H,17,18,22)/t13-,14+/m1/s1. The first-order valence-electron chi connectivity index (χ1n) is 8.28. The molecule has 0 saturated carbocycles. The van der Waals surface area contributed by atoms with E-state index < -0.39 is 0 Å². The van der Waals surface area contributed by atoms with Crippen molar-refractivity contribution in [2.45, 2.75) is 51.6 Å². The van der Waals surface area contributed by atoms with Crippen LogP contribution in [0.5, 0.6) is 0 Å². The summed E-state index contributed by atoms with van der Waals surface area (Å²) in [7, 11) is 0. The highest BCUT2D eigenvalue weighted by Crippen LogP contribution is 2.30. The smallest absolute Gasteiger partial charge is 0.240 e. The van der Waals surface area contributed by atoms with Crippen LogP contribution in [0.25, 0.3) is 0 Å². The molecular weight excluding hydrogens is 312 g/mol. The molecule has 126 valence electrons. The average molecular weight is 336 g/mol. The molecule has 2 aliphatic rings. The van der Waals surface area contributed by atoms with Crippen molar-refractivity contribution >= 4 is 28.3 Å². The second-order valence-electron chi connectivity index (χ2n) is 6.44. The fourth-order valence-corrected chi connectivity index (χ4v) is 4.53. The highest BCUT2D eigenvalue weighted by atomic mass is 32.1. The molecule has 3 rings (SSSR count). The SMILES string of the molecule is CC(=O)N1CCC[C@H]1[C@H]1CCCN1CC(=O)Nc1nc(C)cs1. The minimum atomic E-state index is -0.0152. The van der Waals surface area contributed by atoms with Crippen LogP contribution in [-0.4, -0.2) is 58.3 Å². The van der Waals surface area contributed by atoms with E-state index in [0.29, 0.717) is 17.7 Å². The highest BCUT2D eigenvalue weighted by Gasteiger charge is 2.39. The first-order valence-corrected chi connectivity index (χ1v) is 9.16. The summed E-state index contributed by atoms with van der Waals surface area (Å²) < 4.78 is 0. The number of aryl methyl sites for hydroxylation is 1. The van der Waals surface area contributed by atoms with Crippen molar-refractivity contribution in [3.8, 4) is 0 Å². The van der Waals surface area contributed by atoms with E-state index in [-0.39, 0.29) is 17.9 Å². The van der Waals surface area contributed by atoms with Gasteiger partial charge in [0, 0.05) is 30.9 Å². The summed E-state index contributed by atoms with van der Waals surface area (Å²) in [6, 6.07) is 0.579. The van der Waals surface area contributed by atoms with Gasteiger partial charge < -0.3 is 10.2 Å². The molecule has 0 spiro atoms. The summed E-state index contributed by atoms with van der Waals surface area (Å²) in [4.78, 5) is 32.6. The van der Waals surface area contributed by atoms with Crippen molar-refractivity contribution in [2.75, 3.05) is 25.0 Å². The summed E-state index contributed by atoms with van der Waals surface area (Å²) in [6.45, 7) is 5.73. The van der Waals surface area contributed by atoms with E-state index in [4.69, 9.17) is 0 Å². The molecule has 2 atom stereocenters. The van der Waals surface area contributed by atoms with Gasteiger partial charge in [0.05, 0.1) is 12.2 Å². The largest absolute Gasteiger partial charge is 0.338 e. The first kappa shape index (κ1) is 16.4. The lowest BCUT2D eigenvalue weighted by Gasteiger charge is -2.34. The number of nitrogens with zero attached hydrogens (tertiary/aromatic N) is 3. The number of thiazole rings is 1. The van der Waals surface area contributed by atoms with Gasteiger partial charge in [0.25, 0.3) is 0 Å². The molecule has 2 aliphatic heterocycles. The average Bonchev–Trinajstić information content (AvgIpc) is 3.18. The number of carbonyl (C=O) groups excluding carboxylic acids is 2. The quantitative estimate of drug-likeness (QED) is 0.911. The maximum Gasteiger partial charge on any atom is 0.240 e. The number of aromatic nitrogens is 1. The Balaban J connectivity index is 1.60. The number of hydrogen-bond acceptors (Lipinski definition) is 5. The van der Waals surface area contributed by atoms with Gasteiger partial charge in [-0.15, -0.1) is 11.3 Å². The number of carbonyl (C=O) groups is 2. The molecule has 3 heterocycles. The molecule has 0 aromatic carbocycles. The number of nitrogens with one attached hydrogen (secondary N) is 1. The molecule has 7 heteroatoms. The van der Waals surface area contributed by atoms with Gasteiger partial charge in [-0.3, -0.25) is 14.5 Å². The topological polar surface area (TPSA) is 65.5 Å². The van der Waals surface area contributed by atoms with Crippen molar-refractivity contribution in [2.24, 2.45) is 0 Å². The van der Waals surface area contributed by atoms with E-state index in [0.717, 1.165) is 44.5 Å². The molecule has 6 nitrogen and oxygen atoms in total. The fraction of sp³-hybridized carbons (Fsp3) is 0.688. The Morgan fingerprint density at radius 1 is 1.30 bits per heavy atom. The summed E-state index contributed by atoms with van der Waals surface area (Å²) in [6.07, 6.45) is 4.28. The summed E-state index contributed by atoms with van der Waals surface area (Å²) >= 11 is 1.45. The molecule has 1 aromatic rings. The van der Waals surface area contributed by atoms with Crippen LogP contribution in [0.2, 0.25) is 0 Å². The number of rotatable bonds is 4. The predicted molar refractivity (Wildman–Crippen MR) is 90.5 cm³/mol. The zero-order chi connectivity index (χ0) is 16.4. The normalized spacial score (nSPS) is 25.0. The van der Waals surface area contributed by atoms with Crippen LogP contribution < -0.4 is 5.32 Å². The third-order valence-corrected chi connectivity index (χ3v) is 5.65. The molecule has 0 unspecified atom stereocenters. The molecule has 0 bridgehead atoms. The maximum absolute atomic E-state index is 12.3. The Bertz CT molecular complexity index is 588. The van der Waals surface area contributed by atoms with E-state index in [2.05, 4.69) is 15.2 Å². The summed E-state index contributed by atoms with van der Waals surface area (Å²) in [5.74, 6) is 0.140. The Hall–Kier alpha value is -1.47. The minimum Gasteiger partial charge on any atom is -0.338 e. The van der Waals surface area contributed by atoms with Crippen LogP contribution in [-0.2, 0) is 9.59 Å². The van der Waals surface area contributed by atoms with Crippen LogP contribution >= 0.6 is 11.3 Å². The van der Waals surface area contributed by atoms with Crippen molar-refractivity contribution in [1.29, 1.82) is 0 Å². The minimum absolute atomic E-state index is 0.0152. The molecule has 2 fully saturated rings. The van der Waals surface area contributed by atoms with Gasteiger partial charge in [-0.2, -0.15) is 0 Å². The zero-order valence-electron chi connectivity index (χ0n) is 13.7. The van der Waals surface area contributed by atoms with E-state index >= 15 is 0 Å². The predicted octanol–water partition coefficient (Wildman–Crippen LogP) is 1.87. The van der Waals surface area contributed by atoms with Gasteiger partial charge in [0.1, 0.15) is 0 Å². The van der Waals surface area contributed by atoms with E-state index in [1.54, 1.807) is 6.92 Å². The van der Waals surface area contributed by atoms with Gasteiger partial charge in [-0.05, 0) is 39.2 Å². The summed E-state index contributed by atoms with van der Waals surface area (Å²) in [5, 5.41) is 5.47. The Morgan fingerprint density at radius 2 is 2.04 bits per heavy atom. The van der Waals surface area contributed by atoms with Crippen LogP contribution in [0.4, 0.5) is 5.13 Å². The fourth-order valence-electron chi connectivity index (χ4n) is 3.82. The van der Waals surface area contributed by atoms with Gasteiger partial charge in [0.15, 0.2) is 5.13 Å². The molecule has 0 aliphatic carbocycles. The van der Waals surface area contributed by atoms with Gasteiger partial charge in [0.2, 0.25) is 11.8 Å². The Labute approximate surface area is 140 Å². The number of amides is 2. The maximum atomic E-state index is 12.3. The zero-order valence-corrected chi connectivity index (χ0v) is 14.6. The van der Waals surface area contributed by atoms with Crippen LogP contribution in [0.3, 0.4) is 0 Å². The van der Waals surface area contributed by atoms with E-state index in [1.807, 2.05) is 17.2 Å². The molecule has 23 heavy (non-hydrogen) atoms. The summed E-state index contributed by atoms with van der Waals surface area (Å²) in [5.41, 5.74) is 0.924. The molecule has 1 N–H and O–H groups in total. The van der Waals surface area contributed by atoms with Gasteiger partial charge >= 0.3 is 0 Å². The lowest BCUT2D eigenvalue weighted by molar-refractivity contribution is -0.130. The monoisotopic (exact) mass is 336 g/mol. The molecule has 2 saturated heterocycles. The molecule has 2 amide bonds. The second-order valence-corrected chi connectivity index (χ2v) is 7.30.